The molecule has 1 aromatic heterocycles. The van der Waals surface area contributed by atoms with Gasteiger partial charge in [0, 0.05) is 22.7 Å². The van der Waals surface area contributed by atoms with Crippen molar-refractivity contribution < 1.29 is 0 Å². The molecule has 1 aromatic carbocycles. The second kappa shape index (κ2) is 6.01. The van der Waals surface area contributed by atoms with Crippen LogP contribution < -0.4 is 5.32 Å². The van der Waals surface area contributed by atoms with E-state index in [0.29, 0.717) is 17.8 Å². The van der Waals surface area contributed by atoms with E-state index in [1.165, 1.54) is 0 Å². The standard InChI is InChI=1S/C14H18ClN3/c1-10(2)13(7-8-15)17-14-12-6-4-3-5-11(12)9-16-18-14/h3-6,9-10,13H,7-8H2,1-2H3,(H,17,18). The van der Waals surface area contributed by atoms with E-state index < -0.39 is 0 Å². The van der Waals surface area contributed by atoms with Gasteiger partial charge in [-0.15, -0.1) is 16.7 Å². The van der Waals surface area contributed by atoms with Gasteiger partial charge in [0.05, 0.1) is 6.20 Å². The van der Waals surface area contributed by atoms with E-state index in [9.17, 15) is 0 Å². The van der Waals surface area contributed by atoms with E-state index >= 15 is 0 Å². The van der Waals surface area contributed by atoms with Gasteiger partial charge in [-0.2, -0.15) is 5.10 Å². The van der Waals surface area contributed by atoms with Gasteiger partial charge in [0.1, 0.15) is 0 Å². The van der Waals surface area contributed by atoms with Gasteiger partial charge in [0.25, 0.3) is 0 Å². The van der Waals surface area contributed by atoms with Gasteiger partial charge in [-0.25, -0.2) is 0 Å². The minimum atomic E-state index is 0.322. The molecule has 0 fully saturated rings. The van der Waals surface area contributed by atoms with Crippen molar-refractivity contribution in [2.45, 2.75) is 26.3 Å². The first-order valence-electron chi connectivity index (χ1n) is 6.25. The molecule has 1 N–H and O–H groups in total. The maximum absolute atomic E-state index is 5.85. The number of fused-ring (bicyclic) bond motifs is 1. The Kier molecular flexibility index (Phi) is 4.37. The molecule has 0 aliphatic rings. The fourth-order valence-electron chi connectivity index (χ4n) is 2.00. The first-order valence-corrected chi connectivity index (χ1v) is 6.78. The van der Waals surface area contributed by atoms with Crippen LogP contribution in [-0.4, -0.2) is 22.1 Å². The van der Waals surface area contributed by atoms with Crippen LogP contribution >= 0.6 is 11.6 Å². The summed E-state index contributed by atoms with van der Waals surface area (Å²) in [6.45, 7) is 4.37. The van der Waals surface area contributed by atoms with Crippen molar-refractivity contribution in [1.29, 1.82) is 0 Å². The van der Waals surface area contributed by atoms with Gasteiger partial charge in [0.15, 0.2) is 5.82 Å². The van der Waals surface area contributed by atoms with E-state index in [-0.39, 0.29) is 0 Å². The summed E-state index contributed by atoms with van der Waals surface area (Å²) in [5.41, 5.74) is 0. The van der Waals surface area contributed by atoms with Crippen LogP contribution in [0.3, 0.4) is 0 Å². The van der Waals surface area contributed by atoms with Crippen LogP contribution in [0.2, 0.25) is 0 Å². The Balaban J connectivity index is 2.30. The quantitative estimate of drug-likeness (QED) is 0.836. The number of benzene rings is 1. The molecule has 3 nitrogen and oxygen atoms in total. The molecule has 1 atom stereocenters. The zero-order valence-electron chi connectivity index (χ0n) is 10.7. The zero-order chi connectivity index (χ0) is 13.0. The van der Waals surface area contributed by atoms with Crippen LogP contribution in [0.4, 0.5) is 5.82 Å². The molecule has 0 saturated heterocycles. The predicted octanol–water partition coefficient (Wildman–Crippen LogP) is 3.70. The number of hydrogen-bond donors (Lipinski definition) is 1. The van der Waals surface area contributed by atoms with Crippen molar-refractivity contribution in [3.8, 4) is 0 Å². The molecule has 96 valence electrons. The Morgan fingerprint density at radius 2 is 2.06 bits per heavy atom. The maximum Gasteiger partial charge on any atom is 0.156 e. The highest BCUT2D eigenvalue weighted by molar-refractivity contribution is 6.17. The number of halogens is 1. The summed E-state index contributed by atoms with van der Waals surface area (Å²) in [6, 6.07) is 8.45. The van der Waals surface area contributed by atoms with Crippen LogP contribution in [0, 0.1) is 5.92 Å². The Labute approximate surface area is 113 Å². The summed E-state index contributed by atoms with van der Waals surface area (Å²) >= 11 is 5.85. The van der Waals surface area contributed by atoms with Crippen LogP contribution in [0.5, 0.6) is 0 Å². The zero-order valence-corrected chi connectivity index (χ0v) is 11.5. The van der Waals surface area contributed by atoms with E-state index in [0.717, 1.165) is 23.0 Å². The number of anilines is 1. The summed E-state index contributed by atoms with van der Waals surface area (Å²) in [4.78, 5) is 0. The Bertz CT molecular complexity index is 508. The molecule has 18 heavy (non-hydrogen) atoms. The first-order chi connectivity index (χ1) is 8.72. The first kappa shape index (κ1) is 13.1. The minimum Gasteiger partial charge on any atom is -0.365 e. The molecule has 0 radical (unpaired) electrons. The molecule has 0 amide bonds. The normalized spacial score (nSPS) is 12.9. The highest BCUT2D eigenvalue weighted by Gasteiger charge is 2.14. The third-order valence-corrected chi connectivity index (χ3v) is 3.34. The molecule has 2 rings (SSSR count). The lowest BCUT2D eigenvalue weighted by Gasteiger charge is -2.22. The summed E-state index contributed by atoms with van der Waals surface area (Å²) in [7, 11) is 0. The van der Waals surface area contributed by atoms with Crippen LogP contribution in [0.1, 0.15) is 20.3 Å². The number of nitrogens with one attached hydrogen (secondary N) is 1. The molecule has 2 aromatic rings. The SMILES string of the molecule is CC(C)C(CCCl)Nc1nncc2ccccc12. The fourth-order valence-corrected chi connectivity index (χ4v) is 2.23. The van der Waals surface area contributed by atoms with Gasteiger partial charge in [0.2, 0.25) is 0 Å². The number of rotatable bonds is 5. The van der Waals surface area contributed by atoms with Gasteiger partial charge in [-0.3, -0.25) is 0 Å². The van der Waals surface area contributed by atoms with Gasteiger partial charge in [-0.05, 0) is 12.3 Å². The number of alkyl halides is 1. The molecule has 0 bridgehead atoms. The molecule has 1 unspecified atom stereocenters. The highest BCUT2D eigenvalue weighted by Crippen LogP contribution is 2.22. The Hall–Kier alpha value is -1.35. The van der Waals surface area contributed by atoms with Gasteiger partial charge >= 0.3 is 0 Å². The molecule has 0 aliphatic heterocycles. The van der Waals surface area contributed by atoms with Gasteiger partial charge < -0.3 is 5.32 Å². The summed E-state index contributed by atoms with van der Waals surface area (Å²) in [5.74, 6) is 2.00. The van der Waals surface area contributed by atoms with Crippen LogP contribution in [0.25, 0.3) is 10.8 Å². The number of nitrogens with zero attached hydrogens (tertiary/aromatic N) is 2. The average molecular weight is 264 g/mol. The third kappa shape index (κ3) is 2.91. The van der Waals surface area contributed by atoms with E-state index in [1.54, 1.807) is 6.20 Å². The van der Waals surface area contributed by atoms with Crippen molar-refractivity contribution in [1.82, 2.24) is 10.2 Å². The number of aromatic nitrogens is 2. The lowest BCUT2D eigenvalue weighted by Crippen LogP contribution is -2.26. The lowest BCUT2D eigenvalue weighted by atomic mass is 10.0. The van der Waals surface area contributed by atoms with Crippen molar-refractivity contribution >= 4 is 28.2 Å². The molecule has 0 saturated carbocycles. The summed E-state index contributed by atoms with van der Waals surface area (Å²) in [6.07, 6.45) is 2.70. The Morgan fingerprint density at radius 3 is 2.78 bits per heavy atom. The molecule has 0 aliphatic carbocycles. The highest BCUT2D eigenvalue weighted by atomic mass is 35.5. The smallest absolute Gasteiger partial charge is 0.156 e. The summed E-state index contributed by atoms with van der Waals surface area (Å²) < 4.78 is 0. The van der Waals surface area contributed by atoms with E-state index in [1.807, 2.05) is 18.2 Å². The maximum atomic E-state index is 5.85. The lowest BCUT2D eigenvalue weighted by molar-refractivity contribution is 0.511. The predicted molar refractivity (Wildman–Crippen MR) is 77.1 cm³/mol. The Morgan fingerprint density at radius 1 is 1.28 bits per heavy atom. The number of hydrogen-bond acceptors (Lipinski definition) is 3. The topological polar surface area (TPSA) is 37.8 Å². The molecule has 1 heterocycles. The van der Waals surface area contributed by atoms with Crippen LogP contribution in [0.15, 0.2) is 30.5 Å². The second-order valence-electron chi connectivity index (χ2n) is 4.75. The largest absolute Gasteiger partial charge is 0.365 e. The van der Waals surface area contributed by atoms with Crippen molar-refractivity contribution in [2.75, 3.05) is 11.2 Å². The summed E-state index contributed by atoms with van der Waals surface area (Å²) in [5, 5.41) is 13.9. The van der Waals surface area contributed by atoms with Crippen molar-refractivity contribution in [3.63, 3.8) is 0 Å². The molecular formula is C14H18ClN3. The molecule has 0 spiro atoms. The van der Waals surface area contributed by atoms with Crippen molar-refractivity contribution in [3.05, 3.63) is 30.5 Å². The average Bonchev–Trinajstić information content (AvgIpc) is 2.38. The van der Waals surface area contributed by atoms with Crippen molar-refractivity contribution in [2.24, 2.45) is 5.92 Å². The fraction of sp³-hybridized carbons (Fsp3) is 0.429. The second-order valence-corrected chi connectivity index (χ2v) is 5.13. The monoisotopic (exact) mass is 263 g/mol. The third-order valence-electron chi connectivity index (χ3n) is 3.12. The molecule has 4 heteroatoms. The minimum absolute atomic E-state index is 0.322. The van der Waals surface area contributed by atoms with E-state index in [4.69, 9.17) is 11.6 Å². The van der Waals surface area contributed by atoms with Gasteiger partial charge in [-0.1, -0.05) is 38.1 Å². The van der Waals surface area contributed by atoms with E-state index in [2.05, 4.69) is 35.4 Å². The molecular weight excluding hydrogens is 246 g/mol. The van der Waals surface area contributed by atoms with Crippen LogP contribution in [-0.2, 0) is 0 Å².